The summed E-state index contributed by atoms with van der Waals surface area (Å²) in [5.41, 5.74) is 9.08. The number of urea groups is 1. The first-order chi connectivity index (χ1) is 48.9. The molecule has 1 aliphatic heterocycles. The highest BCUT2D eigenvalue weighted by Crippen LogP contribution is 2.61. The van der Waals surface area contributed by atoms with Crippen molar-refractivity contribution in [2.24, 2.45) is 34.3 Å². The average molecular weight is 1450 g/mol. The van der Waals surface area contributed by atoms with Crippen LogP contribution in [0.15, 0.2) is 109 Å². The number of para-hydroxylation sites is 1. The van der Waals surface area contributed by atoms with Crippen LogP contribution in [0, 0.1) is 35.5 Å². The van der Waals surface area contributed by atoms with Crippen molar-refractivity contribution in [3.63, 3.8) is 0 Å². The number of nitrogens with zero attached hydrogens (tertiary/aromatic N) is 7. The average Bonchev–Trinajstić information content (AvgIpc) is 1.64. The van der Waals surface area contributed by atoms with Crippen molar-refractivity contribution < 1.29 is 70.7 Å². The molecule has 10 rings (SSSR count). The third-order valence-corrected chi connectivity index (χ3v) is 21.0. The highest BCUT2D eigenvalue weighted by atomic mass is 32.2. The molecule has 2 saturated carbocycles. The smallest absolute Gasteiger partial charge is 0.410 e. The molecule has 3 aliphatic rings. The number of benzene rings is 3. The van der Waals surface area contributed by atoms with Gasteiger partial charge in [0.15, 0.2) is 16.6 Å². The molecule has 2 aliphatic carbocycles. The highest BCUT2D eigenvalue weighted by Gasteiger charge is 2.55. The van der Waals surface area contributed by atoms with E-state index in [2.05, 4.69) is 52.0 Å². The van der Waals surface area contributed by atoms with Gasteiger partial charge in [-0.3, -0.25) is 53.2 Å². The van der Waals surface area contributed by atoms with Crippen LogP contribution in [0.2, 0.25) is 0 Å². The van der Waals surface area contributed by atoms with Gasteiger partial charge in [0.05, 0.1) is 57.2 Å². The van der Waals surface area contributed by atoms with Gasteiger partial charge in [-0.25, -0.2) is 24.4 Å². The first-order valence-electron chi connectivity index (χ1n) is 34.6. The minimum absolute atomic E-state index is 0.00752. The van der Waals surface area contributed by atoms with Gasteiger partial charge in [0.2, 0.25) is 11.8 Å². The maximum atomic E-state index is 13.9. The molecule has 2 bridgehead atoms. The molecule has 8 N–H and O–H groups in total. The fourth-order valence-electron chi connectivity index (χ4n) is 15.4. The van der Waals surface area contributed by atoms with E-state index >= 15 is 0 Å². The molecule has 0 radical (unpaired) electrons. The van der Waals surface area contributed by atoms with Gasteiger partial charge < -0.3 is 41.2 Å². The van der Waals surface area contributed by atoms with E-state index in [1.54, 1.807) is 86.9 Å². The van der Waals surface area contributed by atoms with Crippen LogP contribution in [-0.4, -0.2) is 156 Å². The molecule has 103 heavy (non-hydrogen) atoms. The molecule has 0 saturated heterocycles. The van der Waals surface area contributed by atoms with Crippen molar-refractivity contribution >= 4 is 107 Å². The number of imide groups is 1. The van der Waals surface area contributed by atoms with Gasteiger partial charge in [-0.05, 0) is 154 Å². The number of ketones is 1. The number of aromatic nitrogens is 5. The van der Waals surface area contributed by atoms with Crippen molar-refractivity contribution in [1.82, 2.24) is 45.2 Å². The Labute approximate surface area is 600 Å². The molecule has 3 aromatic carbocycles. The SMILES string of the molecule is Cc1c(-c2ccc(-c3ccc4nccc(C(=O)Nc5nc6ccccc6s5)c4c3)nc2C(=O)O)cnn1CC12CC(C)CC(C)(C1)CC(C)(OCCN(CCS(=O)(=O)O)C(=O)OCc1ccc(NC(=O)[C@H](CCCNC(N)=O)CC(=O)[C@@H](NC(=O)CCCCCN3C(=O)C=CC3=O)C(C)C)cc1)C2. The Kier molecular flexibility index (Phi) is 24.0. The summed E-state index contributed by atoms with van der Waals surface area (Å²) in [6.45, 7) is 12.1. The zero-order chi connectivity index (χ0) is 74.0. The number of ether oxygens (including phenoxy) is 2. The second kappa shape index (κ2) is 32.6. The number of carbonyl (C=O) groups is 9. The van der Waals surface area contributed by atoms with Crippen LogP contribution in [-0.2, 0) is 56.7 Å². The van der Waals surface area contributed by atoms with Gasteiger partial charge in [-0.15, -0.1) is 0 Å². The topological polar surface area (TPSA) is 384 Å². The maximum absolute atomic E-state index is 13.9. The van der Waals surface area contributed by atoms with E-state index in [1.165, 1.54) is 28.4 Å². The van der Waals surface area contributed by atoms with Crippen molar-refractivity contribution in [1.29, 1.82) is 0 Å². The Morgan fingerprint density at radius 3 is 2.33 bits per heavy atom. The predicted octanol–water partition coefficient (Wildman–Crippen LogP) is 10.5. The molecule has 2 fully saturated rings. The quantitative estimate of drug-likeness (QED) is 0.0114. The van der Waals surface area contributed by atoms with E-state index in [0.29, 0.717) is 106 Å². The van der Waals surface area contributed by atoms with Gasteiger partial charge >= 0.3 is 18.1 Å². The lowest BCUT2D eigenvalue weighted by atomic mass is 9.50. The van der Waals surface area contributed by atoms with Crippen LogP contribution >= 0.6 is 11.3 Å². The molecule has 5 heterocycles. The number of nitrogens with one attached hydrogen (secondary N) is 4. The molecular formula is C74H88N12O15S2. The first kappa shape index (κ1) is 75.8. The summed E-state index contributed by atoms with van der Waals surface area (Å²) in [4.78, 5) is 133. The summed E-state index contributed by atoms with van der Waals surface area (Å²) in [6.07, 6.45) is 10.6. The number of unbranched alkanes of at least 4 members (excludes halogenated alkanes) is 2. The van der Waals surface area contributed by atoms with Crippen LogP contribution in [0.4, 0.5) is 20.4 Å². The standard InChI is InChI=1S/C74H88N12O15S2/c1-45(2)64(82-61(88)16-8-7-11-30-85-62(89)25-26-63(85)90)59(87)36-50(13-12-28-77-69(75)95)66(91)79-51-20-17-48(18-21-51)40-100-71(96)84(32-34-103(97,98)99)31-33-101-73(6)41-72(5)37-46(3)38-74(42-72,43-73)44-86-47(4)55(39-78-86)52-22-24-56(80-65(52)68(93)94)49-19-23-57-54(35-49)53(27-29-76-57)67(92)83-70-81-58-14-9-10-15-60(58)102-70/h9-10,14-15,17-27,29,35,39,45-46,50,64H,7-8,11-13,16,28,30-34,36-38,40-44H2,1-6H3,(H,79,91)(H,82,88)(H,93,94)(H3,75,77,95)(H,81,83,92)(H,97,98,99)/t46?,50-,64+,72?,73?,74?/m1/s1. The Morgan fingerprint density at radius 1 is 0.854 bits per heavy atom. The van der Waals surface area contributed by atoms with E-state index in [4.69, 9.17) is 25.3 Å². The van der Waals surface area contributed by atoms with Crippen LogP contribution in [0.25, 0.3) is 43.5 Å². The predicted molar refractivity (Wildman–Crippen MR) is 387 cm³/mol. The Morgan fingerprint density at radius 2 is 1.61 bits per heavy atom. The maximum Gasteiger partial charge on any atom is 0.410 e. The van der Waals surface area contributed by atoms with Crippen molar-refractivity contribution in [2.45, 2.75) is 143 Å². The number of thiazole rings is 1. The normalized spacial score (nSPS) is 19.3. The second-order valence-electron chi connectivity index (χ2n) is 28.5. The number of primary amides is 1. The number of aromatic carboxylic acids is 1. The zero-order valence-corrected chi connectivity index (χ0v) is 60.2. The summed E-state index contributed by atoms with van der Waals surface area (Å²) in [6, 6.07) is 22.8. The molecule has 4 unspecified atom stereocenters. The van der Waals surface area contributed by atoms with Crippen molar-refractivity contribution in [3.05, 3.63) is 132 Å². The third kappa shape index (κ3) is 19.7. The fraction of sp³-hybridized carbons (Fsp3) is 0.446. The Bertz CT molecular complexity index is 4470. The highest BCUT2D eigenvalue weighted by molar-refractivity contribution is 7.85. The lowest BCUT2D eigenvalue weighted by Gasteiger charge is -2.59. The number of Topliss-reactive ketones (excluding diaryl/α,β-unsaturated/α-hetero) is 1. The third-order valence-electron chi connectivity index (χ3n) is 19.4. The number of carboxylic acid groups (broad SMARTS) is 1. The number of anilines is 2. The van der Waals surface area contributed by atoms with E-state index in [-0.39, 0.29) is 104 Å². The minimum Gasteiger partial charge on any atom is -0.476 e. The molecular weight excluding hydrogens is 1360 g/mol. The minimum atomic E-state index is -4.52. The summed E-state index contributed by atoms with van der Waals surface area (Å²) in [7, 11) is -4.52. The van der Waals surface area contributed by atoms with Crippen molar-refractivity contribution in [2.75, 3.05) is 49.2 Å². The number of carbonyl (C=O) groups excluding carboxylic acids is 8. The summed E-state index contributed by atoms with van der Waals surface area (Å²) in [5, 5.41) is 27.7. The zero-order valence-electron chi connectivity index (χ0n) is 58.6. The Hall–Kier alpha value is -9.84. The second-order valence-corrected chi connectivity index (χ2v) is 31.1. The Balaban J connectivity index is 0.754. The monoisotopic (exact) mass is 1450 g/mol. The lowest BCUT2D eigenvalue weighted by Crippen LogP contribution is -2.54. The molecule has 27 nitrogen and oxygen atoms in total. The lowest BCUT2D eigenvalue weighted by molar-refractivity contribution is -0.163. The number of fused-ring (bicyclic) bond motifs is 4. The van der Waals surface area contributed by atoms with E-state index in [0.717, 1.165) is 40.1 Å². The molecule has 0 spiro atoms. The molecule has 6 atom stereocenters. The van der Waals surface area contributed by atoms with Crippen LogP contribution in [0.5, 0.6) is 0 Å². The van der Waals surface area contributed by atoms with Gasteiger partial charge in [-0.1, -0.05) is 75.8 Å². The van der Waals surface area contributed by atoms with Crippen LogP contribution < -0.4 is 27.0 Å². The van der Waals surface area contributed by atoms with Crippen LogP contribution in [0.1, 0.15) is 144 Å². The van der Waals surface area contributed by atoms with Gasteiger partial charge in [0.1, 0.15) is 6.61 Å². The number of rotatable bonds is 33. The first-order valence-corrected chi connectivity index (χ1v) is 37.0. The largest absolute Gasteiger partial charge is 0.476 e. The molecule has 546 valence electrons. The molecule has 4 aromatic heterocycles. The van der Waals surface area contributed by atoms with Gasteiger partial charge in [0.25, 0.3) is 27.8 Å². The van der Waals surface area contributed by atoms with Gasteiger partial charge in [-0.2, -0.15) is 13.5 Å². The number of pyridine rings is 2. The number of carboxylic acids is 1. The number of amides is 8. The number of hydrogen-bond donors (Lipinski definition) is 7. The molecule has 29 heteroatoms. The fourth-order valence-corrected chi connectivity index (χ4v) is 16.7. The number of hydrogen-bond acceptors (Lipinski definition) is 18. The molecule has 8 amide bonds. The number of nitrogens with two attached hydrogens (primary N) is 1. The van der Waals surface area contributed by atoms with E-state index < -0.39 is 64.0 Å². The summed E-state index contributed by atoms with van der Waals surface area (Å²) >= 11 is 1.36. The molecule has 7 aromatic rings. The van der Waals surface area contributed by atoms with Gasteiger partial charge in [0, 0.05) is 103 Å². The summed E-state index contributed by atoms with van der Waals surface area (Å²) in [5.74, 6) is -5.20. The van der Waals surface area contributed by atoms with Crippen molar-refractivity contribution in [3.8, 4) is 22.4 Å². The van der Waals surface area contributed by atoms with E-state index in [1.807, 2.05) is 35.9 Å². The van der Waals surface area contributed by atoms with E-state index in [9.17, 15) is 61.2 Å². The summed E-state index contributed by atoms with van der Waals surface area (Å²) < 4.78 is 49.4. The van der Waals surface area contributed by atoms with Crippen LogP contribution in [0.3, 0.4) is 0 Å².